The molecule has 0 saturated heterocycles. The standard InChI is InChI=1S/C17H15NO3/c1-9-12(19)8-13(20)15-16(18)14(10(2)21-17(9)15)11-6-4-3-5-7-11/h3-8,18-20H,1-2H3. The summed E-state index contributed by atoms with van der Waals surface area (Å²) in [4.78, 5) is 0. The van der Waals surface area contributed by atoms with E-state index < -0.39 is 0 Å². The molecule has 0 aliphatic rings. The van der Waals surface area contributed by atoms with Crippen LogP contribution in [0.25, 0.3) is 22.1 Å². The Kier molecular flexibility index (Phi) is 2.94. The fraction of sp³-hybridized carbons (Fsp3) is 0.118. The Morgan fingerprint density at radius 1 is 1.00 bits per heavy atom. The second kappa shape index (κ2) is 4.66. The van der Waals surface area contributed by atoms with Gasteiger partial charge in [0.25, 0.3) is 0 Å². The van der Waals surface area contributed by atoms with Crippen LogP contribution < -0.4 is 5.36 Å². The summed E-state index contributed by atoms with van der Waals surface area (Å²) in [5.41, 5.74) is 2.35. The Hall–Kier alpha value is -2.75. The number of phenolic OH excluding ortho intramolecular Hbond substituents is 2. The molecular formula is C17H15NO3. The third kappa shape index (κ3) is 1.96. The van der Waals surface area contributed by atoms with Crippen LogP contribution in [0.4, 0.5) is 0 Å². The highest BCUT2D eigenvalue weighted by atomic mass is 16.3. The molecule has 1 heterocycles. The summed E-state index contributed by atoms with van der Waals surface area (Å²) >= 11 is 0. The van der Waals surface area contributed by atoms with Crippen molar-refractivity contribution in [1.29, 1.82) is 5.41 Å². The first kappa shape index (κ1) is 13.2. The number of benzene rings is 2. The van der Waals surface area contributed by atoms with Gasteiger partial charge in [0.05, 0.1) is 10.7 Å². The van der Waals surface area contributed by atoms with E-state index >= 15 is 0 Å². The van der Waals surface area contributed by atoms with Crippen molar-refractivity contribution < 1.29 is 14.6 Å². The van der Waals surface area contributed by atoms with E-state index in [-0.39, 0.29) is 16.9 Å². The van der Waals surface area contributed by atoms with Gasteiger partial charge in [0, 0.05) is 17.2 Å². The lowest BCUT2D eigenvalue weighted by molar-refractivity contribution is 0.448. The minimum Gasteiger partial charge on any atom is -0.507 e. The molecule has 0 spiro atoms. The number of phenols is 2. The van der Waals surface area contributed by atoms with Gasteiger partial charge in [-0.3, -0.25) is 5.41 Å². The molecule has 0 unspecified atom stereocenters. The Bertz CT molecular complexity index is 896. The van der Waals surface area contributed by atoms with E-state index in [2.05, 4.69) is 0 Å². The summed E-state index contributed by atoms with van der Waals surface area (Å²) < 4.78 is 5.78. The quantitative estimate of drug-likeness (QED) is 0.637. The van der Waals surface area contributed by atoms with Crippen molar-refractivity contribution in [3.63, 3.8) is 0 Å². The molecule has 0 bridgehead atoms. The molecule has 0 aliphatic carbocycles. The first-order valence-corrected chi connectivity index (χ1v) is 6.59. The maximum absolute atomic E-state index is 10.1. The molecule has 0 radical (unpaired) electrons. The molecule has 21 heavy (non-hydrogen) atoms. The van der Waals surface area contributed by atoms with Crippen LogP contribution >= 0.6 is 0 Å². The van der Waals surface area contributed by atoms with E-state index in [1.807, 2.05) is 30.3 Å². The second-order valence-electron chi connectivity index (χ2n) is 5.02. The first-order chi connectivity index (χ1) is 10.0. The van der Waals surface area contributed by atoms with Crippen LogP contribution in [0.3, 0.4) is 0 Å². The van der Waals surface area contributed by atoms with Crippen LogP contribution in [-0.4, -0.2) is 10.2 Å². The van der Waals surface area contributed by atoms with Crippen molar-refractivity contribution in [3.05, 3.63) is 53.1 Å². The number of aromatic hydroxyl groups is 2. The molecule has 0 atom stereocenters. The summed E-state index contributed by atoms with van der Waals surface area (Å²) in [5.74, 6) is 0.376. The lowest BCUT2D eigenvalue weighted by Crippen LogP contribution is -2.08. The van der Waals surface area contributed by atoms with Gasteiger partial charge in [0.15, 0.2) is 0 Å². The van der Waals surface area contributed by atoms with Gasteiger partial charge in [-0.1, -0.05) is 30.3 Å². The number of aryl methyl sites for hydroxylation is 2. The molecule has 0 aliphatic heterocycles. The lowest BCUT2D eigenvalue weighted by Gasteiger charge is -2.12. The van der Waals surface area contributed by atoms with Crippen molar-refractivity contribution in [2.75, 3.05) is 0 Å². The molecule has 3 N–H and O–H groups in total. The highest BCUT2D eigenvalue weighted by Gasteiger charge is 2.17. The molecular weight excluding hydrogens is 266 g/mol. The zero-order valence-electron chi connectivity index (χ0n) is 11.8. The summed E-state index contributed by atoms with van der Waals surface area (Å²) in [7, 11) is 0. The average Bonchev–Trinajstić information content (AvgIpc) is 2.45. The minimum absolute atomic E-state index is 0.0463. The zero-order chi connectivity index (χ0) is 15.1. The largest absolute Gasteiger partial charge is 0.507 e. The van der Waals surface area contributed by atoms with Crippen molar-refractivity contribution in [3.8, 4) is 22.6 Å². The zero-order valence-corrected chi connectivity index (χ0v) is 11.8. The van der Waals surface area contributed by atoms with E-state index in [1.165, 1.54) is 6.07 Å². The van der Waals surface area contributed by atoms with E-state index in [9.17, 15) is 10.2 Å². The van der Waals surface area contributed by atoms with E-state index in [0.29, 0.717) is 27.9 Å². The van der Waals surface area contributed by atoms with Crippen LogP contribution in [0.15, 0.2) is 40.8 Å². The van der Waals surface area contributed by atoms with Gasteiger partial charge in [-0.15, -0.1) is 0 Å². The topological polar surface area (TPSA) is 77.5 Å². The molecule has 0 fully saturated rings. The molecule has 2 aromatic carbocycles. The predicted molar refractivity (Wildman–Crippen MR) is 80.3 cm³/mol. The number of rotatable bonds is 1. The van der Waals surface area contributed by atoms with Gasteiger partial charge in [-0.2, -0.15) is 0 Å². The summed E-state index contributed by atoms with van der Waals surface area (Å²) in [5, 5.41) is 28.8. The average molecular weight is 281 g/mol. The predicted octanol–water partition coefficient (Wildman–Crippen LogP) is 3.61. The Morgan fingerprint density at radius 2 is 1.67 bits per heavy atom. The third-order valence-corrected chi connectivity index (χ3v) is 3.65. The lowest BCUT2D eigenvalue weighted by atomic mass is 10.0. The van der Waals surface area contributed by atoms with Crippen molar-refractivity contribution in [2.45, 2.75) is 13.8 Å². The van der Waals surface area contributed by atoms with Gasteiger partial charge < -0.3 is 14.6 Å². The molecule has 3 rings (SSSR count). The van der Waals surface area contributed by atoms with Crippen molar-refractivity contribution in [1.82, 2.24) is 0 Å². The van der Waals surface area contributed by atoms with Gasteiger partial charge >= 0.3 is 0 Å². The maximum Gasteiger partial charge on any atom is 0.146 e. The van der Waals surface area contributed by atoms with Crippen LogP contribution in [0.1, 0.15) is 11.3 Å². The normalized spacial score (nSPS) is 11.0. The van der Waals surface area contributed by atoms with E-state index in [1.54, 1.807) is 13.8 Å². The van der Waals surface area contributed by atoms with E-state index in [0.717, 1.165) is 5.56 Å². The van der Waals surface area contributed by atoms with Crippen LogP contribution in [0, 0.1) is 19.3 Å². The number of hydrogen-bond donors (Lipinski definition) is 3. The highest BCUT2D eigenvalue weighted by Crippen LogP contribution is 2.34. The monoisotopic (exact) mass is 281 g/mol. The van der Waals surface area contributed by atoms with Gasteiger partial charge in [0.1, 0.15) is 22.8 Å². The Labute approximate surface area is 121 Å². The van der Waals surface area contributed by atoms with Crippen molar-refractivity contribution in [2.24, 2.45) is 0 Å². The van der Waals surface area contributed by atoms with Gasteiger partial charge in [0.2, 0.25) is 0 Å². The highest BCUT2D eigenvalue weighted by molar-refractivity contribution is 5.90. The minimum atomic E-state index is -0.154. The Balaban J connectivity index is 2.49. The molecule has 3 aromatic rings. The second-order valence-corrected chi connectivity index (χ2v) is 5.02. The fourth-order valence-corrected chi connectivity index (χ4v) is 2.56. The smallest absolute Gasteiger partial charge is 0.146 e. The maximum atomic E-state index is 10.1. The molecule has 4 nitrogen and oxygen atoms in total. The SMILES string of the molecule is Cc1oc2c(C)c(O)cc(O)c2c(=N)c1-c1ccccc1. The van der Waals surface area contributed by atoms with Crippen LogP contribution in [0.2, 0.25) is 0 Å². The Morgan fingerprint density at radius 3 is 2.33 bits per heavy atom. The van der Waals surface area contributed by atoms with Gasteiger partial charge in [-0.05, 0) is 19.4 Å². The van der Waals surface area contributed by atoms with Crippen LogP contribution in [0.5, 0.6) is 11.5 Å². The molecule has 1 aromatic heterocycles. The van der Waals surface area contributed by atoms with Gasteiger partial charge in [-0.25, -0.2) is 0 Å². The van der Waals surface area contributed by atoms with Crippen molar-refractivity contribution >= 4 is 11.0 Å². The molecule has 106 valence electrons. The molecule has 4 heteroatoms. The number of fused-ring (bicyclic) bond motifs is 1. The third-order valence-electron chi connectivity index (χ3n) is 3.65. The molecule has 0 saturated carbocycles. The molecule has 0 amide bonds. The van der Waals surface area contributed by atoms with E-state index in [4.69, 9.17) is 9.83 Å². The fourth-order valence-electron chi connectivity index (χ4n) is 2.56. The summed E-state index contributed by atoms with van der Waals surface area (Å²) in [6.45, 7) is 3.47. The van der Waals surface area contributed by atoms with Crippen LogP contribution in [-0.2, 0) is 0 Å². The summed E-state index contributed by atoms with van der Waals surface area (Å²) in [6.07, 6.45) is 0. The number of hydrogen-bond acceptors (Lipinski definition) is 4. The first-order valence-electron chi connectivity index (χ1n) is 6.59. The summed E-state index contributed by atoms with van der Waals surface area (Å²) in [6, 6.07) is 10.7. The number of nitrogens with one attached hydrogen (secondary N) is 1.